The minimum Gasteiger partial charge on any atom is -0.376 e. The summed E-state index contributed by atoms with van der Waals surface area (Å²) in [5.74, 6) is 1.47. The molecule has 2 amide bonds. The van der Waals surface area contributed by atoms with Gasteiger partial charge >= 0.3 is 6.03 Å². The van der Waals surface area contributed by atoms with Crippen LogP contribution in [0.2, 0.25) is 0 Å². The number of ether oxygens (including phenoxy) is 1. The lowest BCUT2D eigenvalue weighted by Gasteiger charge is -2.34. The van der Waals surface area contributed by atoms with Crippen molar-refractivity contribution in [2.45, 2.75) is 84.0 Å². The van der Waals surface area contributed by atoms with Gasteiger partial charge in [-0.05, 0) is 57.8 Å². The molecule has 2 aliphatic rings. The van der Waals surface area contributed by atoms with Crippen molar-refractivity contribution in [1.29, 1.82) is 0 Å². The summed E-state index contributed by atoms with van der Waals surface area (Å²) in [6.07, 6.45) is 6.39. The molecule has 7 nitrogen and oxygen atoms in total. The minimum absolute atomic E-state index is 0.0407. The summed E-state index contributed by atoms with van der Waals surface area (Å²) in [6.45, 7) is 9.29. The van der Waals surface area contributed by atoms with Crippen LogP contribution in [-0.2, 0) is 14.8 Å². The molecule has 0 aromatic carbocycles. The Morgan fingerprint density at radius 2 is 1.85 bits per heavy atom. The number of urea groups is 1. The highest BCUT2D eigenvalue weighted by Crippen LogP contribution is 2.32. The Morgan fingerprint density at radius 3 is 2.37 bits per heavy atom. The molecule has 2 rings (SSSR count). The zero-order chi connectivity index (χ0) is 20.2. The molecule has 2 fully saturated rings. The predicted molar refractivity (Wildman–Crippen MR) is 107 cm³/mol. The van der Waals surface area contributed by atoms with Crippen LogP contribution in [0, 0.1) is 11.8 Å². The number of rotatable bonds is 7. The van der Waals surface area contributed by atoms with Gasteiger partial charge in [0.25, 0.3) is 0 Å². The molecule has 8 heteroatoms. The fourth-order valence-electron chi connectivity index (χ4n) is 4.51. The summed E-state index contributed by atoms with van der Waals surface area (Å²) >= 11 is 0. The number of amides is 2. The molecule has 1 saturated carbocycles. The fraction of sp³-hybridized carbons (Fsp3) is 0.947. The van der Waals surface area contributed by atoms with E-state index >= 15 is 0 Å². The summed E-state index contributed by atoms with van der Waals surface area (Å²) in [5, 5.41) is 2.84. The first-order chi connectivity index (χ1) is 12.6. The monoisotopic (exact) mass is 403 g/mol. The van der Waals surface area contributed by atoms with Gasteiger partial charge in [-0.3, -0.25) is 0 Å². The summed E-state index contributed by atoms with van der Waals surface area (Å²) in [4.78, 5) is 14.3. The molecule has 1 heterocycles. The lowest BCUT2D eigenvalue weighted by Crippen LogP contribution is -2.53. The quantitative estimate of drug-likeness (QED) is 0.683. The molecule has 27 heavy (non-hydrogen) atoms. The SMILES string of the molecule is CCNC(=O)N1[C@H](C)C[C@H](NS(C)(=O)=O)[C@@H]1COC1CCC(C(C)C)CC1. The Labute approximate surface area is 164 Å². The van der Waals surface area contributed by atoms with Crippen molar-refractivity contribution in [3.63, 3.8) is 0 Å². The highest BCUT2D eigenvalue weighted by molar-refractivity contribution is 7.88. The molecule has 158 valence electrons. The lowest BCUT2D eigenvalue weighted by molar-refractivity contribution is -0.0113. The largest absolute Gasteiger partial charge is 0.376 e. The van der Waals surface area contributed by atoms with Crippen LogP contribution >= 0.6 is 0 Å². The molecule has 1 aliphatic carbocycles. The molecule has 0 radical (unpaired) electrons. The van der Waals surface area contributed by atoms with Crippen molar-refractivity contribution in [1.82, 2.24) is 14.9 Å². The number of nitrogens with zero attached hydrogens (tertiary/aromatic N) is 1. The van der Waals surface area contributed by atoms with E-state index in [1.54, 1.807) is 4.90 Å². The van der Waals surface area contributed by atoms with Crippen LogP contribution in [-0.4, -0.2) is 63.0 Å². The molecule has 0 bridgehead atoms. The van der Waals surface area contributed by atoms with E-state index in [0.29, 0.717) is 25.5 Å². The Kier molecular flexibility index (Phi) is 7.94. The van der Waals surface area contributed by atoms with Gasteiger partial charge in [0, 0.05) is 18.6 Å². The second-order valence-corrected chi connectivity index (χ2v) is 10.3. The van der Waals surface area contributed by atoms with Crippen molar-refractivity contribution in [2.75, 3.05) is 19.4 Å². The van der Waals surface area contributed by atoms with E-state index in [2.05, 4.69) is 23.9 Å². The molecular formula is C19H37N3O4S. The molecule has 1 aliphatic heterocycles. The Morgan fingerprint density at radius 1 is 1.22 bits per heavy atom. The third kappa shape index (κ3) is 6.32. The molecule has 0 aromatic heterocycles. The van der Waals surface area contributed by atoms with Gasteiger partial charge in [0.1, 0.15) is 0 Å². The van der Waals surface area contributed by atoms with E-state index in [0.717, 1.165) is 25.0 Å². The van der Waals surface area contributed by atoms with Gasteiger partial charge in [-0.1, -0.05) is 13.8 Å². The van der Waals surface area contributed by atoms with Gasteiger partial charge in [-0.25, -0.2) is 17.9 Å². The Hall–Kier alpha value is -0.860. The van der Waals surface area contributed by atoms with E-state index in [1.807, 2.05) is 13.8 Å². The summed E-state index contributed by atoms with van der Waals surface area (Å²) in [5.41, 5.74) is 0. The topological polar surface area (TPSA) is 87.7 Å². The number of carbonyl (C=O) groups is 1. The first kappa shape index (κ1) is 22.4. The van der Waals surface area contributed by atoms with Crippen LogP contribution in [0.25, 0.3) is 0 Å². The fourth-order valence-corrected chi connectivity index (χ4v) is 5.31. The highest BCUT2D eigenvalue weighted by atomic mass is 32.2. The lowest BCUT2D eigenvalue weighted by atomic mass is 9.80. The maximum absolute atomic E-state index is 12.5. The van der Waals surface area contributed by atoms with Gasteiger partial charge < -0.3 is 15.0 Å². The molecule has 3 atom stereocenters. The van der Waals surface area contributed by atoms with Crippen molar-refractivity contribution in [3.05, 3.63) is 0 Å². The molecule has 0 unspecified atom stereocenters. The van der Waals surface area contributed by atoms with Crippen molar-refractivity contribution >= 4 is 16.1 Å². The first-order valence-electron chi connectivity index (χ1n) is 10.3. The van der Waals surface area contributed by atoms with Crippen LogP contribution in [0.4, 0.5) is 4.79 Å². The number of nitrogens with one attached hydrogen (secondary N) is 2. The number of likely N-dealkylation sites (tertiary alicyclic amines) is 1. The van der Waals surface area contributed by atoms with E-state index < -0.39 is 10.0 Å². The van der Waals surface area contributed by atoms with Crippen molar-refractivity contribution < 1.29 is 17.9 Å². The van der Waals surface area contributed by atoms with Gasteiger partial charge in [0.15, 0.2) is 0 Å². The smallest absolute Gasteiger partial charge is 0.318 e. The number of sulfonamides is 1. The second kappa shape index (κ2) is 9.56. The average molecular weight is 404 g/mol. The van der Waals surface area contributed by atoms with Crippen LogP contribution in [0.1, 0.15) is 59.8 Å². The first-order valence-corrected chi connectivity index (χ1v) is 12.2. The van der Waals surface area contributed by atoms with E-state index in [4.69, 9.17) is 4.74 Å². The van der Waals surface area contributed by atoms with E-state index in [-0.39, 0.29) is 30.3 Å². The molecular weight excluding hydrogens is 366 g/mol. The third-order valence-corrected chi connectivity index (χ3v) is 6.71. The minimum atomic E-state index is -3.35. The molecule has 2 N–H and O–H groups in total. The van der Waals surface area contributed by atoms with Crippen LogP contribution in [0.5, 0.6) is 0 Å². The highest BCUT2D eigenvalue weighted by Gasteiger charge is 2.43. The average Bonchev–Trinajstić information content (AvgIpc) is 2.86. The zero-order valence-electron chi connectivity index (χ0n) is 17.4. The second-order valence-electron chi connectivity index (χ2n) is 8.51. The van der Waals surface area contributed by atoms with Gasteiger partial charge in [0.2, 0.25) is 10.0 Å². The molecule has 0 spiro atoms. The standard InChI is InChI=1S/C19H37N3O4S/c1-6-20-19(23)22-14(4)11-17(21-27(5,24)25)18(22)12-26-16-9-7-15(8-10-16)13(2)3/h13-18,21H,6-12H2,1-5H3,(H,20,23)/t14-,15?,16?,17+,18+/m1/s1. The summed E-state index contributed by atoms with van der Waals surface area (Å²) < 4.78 is 32.4. The maximum Gasteiger partial charge on any atom is 0.318 e. The van der Waals surface area contributed by atoms with Crippen molar-refractivity contribution in [2.24, 2.45) is 11.8 Å². The maximum atomic E-state index is 12.5. The van der Waals surface area contributed by atoms with E-state index in [1.165, 1.54) is 12.8 Å². The van der Waals surface area contributed by atoms with Crippen LogP contribution in [0.15, 0.2) is 0 Å². The molecule has 0 aromatic rings. The third-order valence-electron chi connectivity index (χ3n) is 5.98. The zero-order valence-corrected chi connectivity index (χ0v) is 18.2. The Balaban J connectivity index is 2.01. The van der Waals surface area contributed by atoms with Gasteiger partial charge in [-0.15, -0.1) is 0 Å². The van der Waals surface area contributed by atoms with Crippen molar-refractivity contribution in [3.8, 4) is 0 Å². The van der Waals surface area contributed by atoms with Crippen LogP contribution in [0.3, 0.4) is 0 Å². The Bertz CT molecular complexity index is 588. The van der Waals surface area contributed by atoms with Gasteiger partial charge in [0.05, 0.1) is 25.0 Å². The van der Waals surface area contributed by atoms with Gasteiger partial charge in [-0.2, -0.15) is 0 Å². The number of hydrogen-bond acceptors (Lipinski definition) is 4. The number of carbonyl (C=O) groups excluding carboxylic acids is 1. The normalized spacial score (nSPS) is 32.1. The predicted octanol–water partition coefficient (Wildman–Crippen LogP) is 2.33. The summed E-state index contributed by atoms with van der Waals surface area (Å²) in [7, 11) is -3.35. The van der Waals surface area contributed by atoms with Crippen LogP contribution < -0.4 is 10.0 Å². The molecule has 1 saturated heterocycles. The van der Waals surface area contributed by atoms with E-state index in [9.17, 15) is 13.2 Å². The number of hydrogen-bond donors (Lipinski definition) is 2. The summed E-state index contributed by atoms with van der Waals surface area (Å²) in [6, 6.07) is -0.797.